The molecule has 2 N–H and O–H groups in total. The Morgan fingerprint density at radius 1 is 1.18 bits per heavy atom. The minimum atomic E-state index is 0.341. The van der Waals surface area contributed by atoms with Gasteiger partial charge in [-0.05, 0) is 26.0 Å². The monoisotopic (exact) mass is 231 g/mol. The van der Waals surface area contributed by atoms with E-state index in [0.717, 1.165) is 24.3 Å². The SMILES string of the molecule is CCN(CC)c1ccc(-c2cc(N)on2)cc1. The molecule has 0 unspecified atom stereocenters. The number of anilines is 2. The fourth-order valence-corrected chi connectivity index (χ4v) is 1.86. The first-order valence-corrected chi connectivity index (χ1v) is 5.82. The van der Waals surface area contributed by atoms with Crippen molar-refractivity contribution in [3.63, 3.8) is 0 Å². The van der Waals surface area contributed by atoms with Crippen LogP contribution in [0.15, 0.2) is 34.9 Å². The Labute approximate surface area is 101 Å². The summed E-state index contributed by atoms with van der Waals surface area (Å²) in [4.78, 5) is 2.29. The Kier molecular flexibility index (Phi) is 3.32. The summed E-state index contributed by atoms with van der Waals surface area (Å²) >= 11 is 0. The first-order valence-electron chi connectivity index (χ1n) is 5.82. The first-order chi connectivity index (χ1) is 8.24. The van der Waals surface area contributed by atoms with Gasteiger partial charge in [-0.3, -0.25) is 0 Å². The van der Waals surface area contributed by atoms with Crippen molar-refractivity contribution < 1.29 is 4.52 Å². The smallest absolute Gasteiger partial charge is 0.222 e. The second kappa shape index (κ2) is 4.91. The lowest BCUT2D eigenvalue weighted by atomic mass is 10.1. The molecule has 0 spiro atoms. The average molecular weight is 231 g/mol. The standard InChI is InChI=1S/C13H17N3O/c1-3-16(4-2)11-7-5-10(6-8-11)12-9-13(14)17-15-12/h5-9H,3-4,14H2,1-2H3. The predicted molar refractivity (Wildman–Crippen MR) is 69.9 cm³/mol. The van der Waals surface area contributed by atoms with Gasteiger partial charge in [0.2, 0.25) is 5.88 Å². The van der Waals surface area contributed by atoms with Crippen LogP contribution in [0.4, 0.5) is 11.6 Å². The highest BCUT2D eigenvalue weighted by molar-refractivity contribution is 5.64. The molecule has 0 aliphatic carbocycles. The van der Waals surface area contributed by atoms with E-state index in [4.69, 9.17) is 10.3 Å². The maximum absolute atomic E-state index is 5.50. The van der Waals surface area contributed by atoms with Gasteiger partial charge in [-0.25, -0.2) is 0 Å². The molecular weight excluding hydrogens is 214 g/mol. The maximum Gasteiger partial charge on any atom is 0.222 e. The molecule has 0 radical (unpaired) electrons. The van der Waals surface area contributed by atoms with Gasteiger partial charge in [-0.1, -0.05) is 17.3 Å². The fraction of sp³-hybridized carbons (Fsp3) is 0.308. The Hall–Kier alpha value is -1.97. The number of aromatic nitrogens is 1. The number of rotatable bonds is 4. The van der Waals surface area contributed by atoms with Crippen molar-refractivity contribution in [2.24, 2.45) is 0 Å². The van der Waals surface area contributed by atoms with Crippen LogP contribution in [0.3, 0.4) is 0 Å². The quantitative estimate of drug-likeness (QED) is 0.879. The number of nitrogens with zero attached hydrogens (tertiary/aromatic N) is 2. The highest BCUT2D eigenvalue weighted by Crippen LogP contribution is 2.23. The van der Waals surface area contributed by atoms with Crippen molar-refractivity contribution in [3.05, 3.63) is 30.3 Å². The summed E-state index contributed by atoms with van der Waals surface area (Å²) < 4.78 is 4.86. The predicted octanol–water partition coefficient (Wildman–Crippen LogP) is 2.77. The van der Waals surface area contributed by atoms with Crippen LogP contribution in [0.1, 0.15) is 13.8 Å². The summed E-state index contributed by atoms with van der Waals surface area (Å²) in [6.45, 7) is 6.31. The molecule has 4 heteroatoms. The minimum absolute atomic E-state index is 0.341. The van der Waals surface area contributed by atoms with E-state index in [9.17, 15) is 0 Å². The lowest BCUT2D eigenvalue weighted by Gasteiger charge is -2.20. The van der Waals surface area contributed by atoms with Crippen LogP contribution in [-0.4, -0.2) is 18.2 Å². The van der Waals surface area contributed by atoms with Crippen LogP contribution in [0.5, 0.6) is 0 Å². The summed E-state index contributed by atoms with van der Waals surface area (Å²) in [6, 6.07) is 9.97. The van der Waals surface area contributed by atoms with Crippen molar-refractivity contribution in [1.82, 2.24) is 5.16 Å². The van der Waals surface area contributed by atoms with Crippen LogP contribution in [0, 0.1) is 0 Å². The number of benzene rings is 1. The Morgan fingerprint density at radius 3 is 2.29 bits per heavy atom. The highest BCUT2D eigenvalue weighted by atomic mass is 16.5. The van der Waals surface area contributed by atoms with Gasteiger partial charge in [0.05, 0.1) is 0 Å². The molecule has 0 aliphatic rings. The Balaban J connectivity index is 2.23. The van der Waals surface area contributed by atoms with Crippen LogP contribution in [0.2, 0.25) is 0 Å². The van der Waals surface area contributed by atoms with Gasteiger partial charge in [-0.15, -0.1) is 0 Å². The Bertz CT molecular complexity index is 472. The fourth-order valence-electron chi connectivity index (χ4n) is 1.86. The van der Waals surface area contributed by atoms with Crippen molar-refractivity contribution in [2.75, 3.05) is 23.7 Å². The molecule has 1 heterocycles. The molecule has 1 aromatic carbocycles. The van der Waals surface area contributed by atoms with E-state index in [1.54, 1.807) is 6.07 Å². The van der Waals surface area contributed by atoms with Crippen LogP contribution in [-0.2, 0) is 0 Å². The van der Waals surface area contributed by atoms with Crippen molar-refractivity contribution >= 4 is 11.6 Å². The van der Waals surface area contributed by atoms with Gasteiger partial charge in [0.15, 0.2) is 0 Å². The molecule has 0 amide bonds. The molecular formula is C13H17N3O. The van der Waals surface area contributed by atoms with Gasteiger partial charge in [-0.2, -0.15) is 0 Å². The molecule has 2 rings (SSSR count). The lowest BCUT2D eigenvalue weighted by molar-refractivity contribution is 0.439. The molecule has 0 saturated carbocycles. The molecule has 0 aliphatic heterocycles. The summed E-state index contributed by atoms with van der Waals surface area (Å²) in [7, 11) is 0. The van der Waals surface area contributed by atoms with E-state index < -0.39 is 0 Å². The first kappa shape index (κ1) is 11.5. The molecule has 0 atom stereocenters. The molecule has 90 valence electrons. The third-order valence-electron chi connectivity index (χ3n) is 2.82. The molecule has 0 fully saturated rings. The maximum atomic E-state index is 5.50. The second-order valence-corrected chi connectivity index (χ2v) is 3.83. The second-order valence-electron chi connectivity index (χ2n) is 3.83. The summed E-state index contributed by atoms with van der Waals surface area (Å²) in [5.74, 6) is 0.341. The molecule has 1 aromatic heterocycles. The Morgan fingerprint density at radius 2 is 1.82 bits per heavy atom. The minimum Gasteiger partial charge on any atom is -0.372 e. The van der Waals surface area contributed by atoms with Crippen molar-refractivity contribution in [3.8, 4) is 11.3 Å². The van der Waals surface area contributed by atoms with Gasteiger partial charge in [0.1, 0.15) is 5.69 Å². The largest absolute Gasteiger partial charge is 0.372 e. The number of nitrogen functional groups attached to an aromatic ring is 1. The number of hydrogen-bond donors (Lipinski definition) is 1. The normalized spacial score (nSPS) is 10.5. The summed E-state index contributed by atoms with van der Waals surface area (Å²) in [6.07, 6.45) is 0. The number of nitrogens with two attached hydrogens (primary N) is 1. The summed E-state index contributed by atoms with van der Waals surface area (Å²) in [5, 5.41) is 3.89. The molecule has 4 nitrogen and oxygen atoms in total. The number of hydrogen-bond acceptors (Lipinski definition) is 4. The summed E-state index contributed by atoms with van der Waals surface area (Å²) in [5.41, 5.74) is 8.50. The van der Waals surface area contributed by atoms with Gasteiger partial charge < -0.3 is 15.2 Å². The third-order valence-corrected chi connectivity index (χ3v) is 2.82. The zero-order chi connectivity index (χ0) is 12.3. The van der Waals surface area contributed by atoms with E-state index in [0.29, 0.717) is 5.88 Å². The highest BCUT2D eigenvalue weighted by Gasteiger charge is 2.05. The van der Waals surface area contributed by atoms with E-state index in [2.05, 4.69) is 36.0 Å². The van der Waals surface area contributed by atoms with Gasteiger partial charge in [0, 0.05) is 30.4 Å². The van der Waals surface area contributed by atoms with Crippen LogP contribution in [0.25, 0.3) is 11.3 Å². The topological polar surface area (TPSA) is 55.3 Å². The molecule has 2 aromatic rings. The van der Waals surface area contributed by atoms with E-state index >= 15 is 0 Å². The van der Waals surface area contributed by atoms with E-state index in [1.165, 1.54) is 5.69 Å². The van der Waals surface area contributed by atoms with Gasteiger partial charge in [0.25, 0.3) is 0 Å². The van der Waals surface area contributed by atoms with Crippen LogP contribution < -0.4 is 10.6 Å². The molecule has 0 saturated heterocycles. The molecule has 0 bridgehead atoms. The van der Waals surface area contributed by atoms with Crippen molar-refractivity contribution in [1.29, 1.82) is 0 Å². The van der Waals surface area contributed by atoms with Gasteiger partial charge >= 0.3 is 0 Å². The lowest BCUT2D eigenvalue weighted by Crippen LogP contribution is -2.21. The van der Waals surface area contributed by atoms with Crippen LogP contribution >= 0.6 is 0 Å². The average Bonchev–Trinajstić information content (AvgIpc) is 2.78. The molecule has 17 heavy (non-hydrogen) atoms. The third kappa shape index (κ3) is 2.41. The van der Waals surface area contributed by atoms with E-state index in [-0.39, 0.29) is 0 Å². The zero-order valence-electron chi connectivity index (χ0n) is 10.2. The van der Waals surface area contributed by atoms with Crippen molar-refractivity contribution in [2.45, 2.75) is 13.8 Å². The van der Waals surface area contributed by atoms with E-state index in [1.807, 2.05) is 12.1 Å². The zero-order valence-corrected chi connectivity index (χ0v) is 10.2.